The molecule has 0 aliphatic carbocycles. The van der Waals surface area contributed by atoms with Gasteiger partial charge in [0.05, 0.1) is 5.92 Å². The van der Waals surface area contributed by atoms with Gasteiger partial charge < -0.3 is 9.73 Å². The second-order valence-electron chi connectivity index (χ2n) is 6.01. The quantitative estimate of drug-likeness (QED) is 0.768. The maximum atomic E-state index is 11.8. The molecule has 0 saturated carbocycles. The van der Waals surface area contributed by atoms with Crippen molar-refractivity contribution in [1.29, 1.82) is 0 Å². The van der Waals surface area contributed by atoms with Crippen LogP contribution in [-0.2, 0) is 4.79 Å². The van der Waals surface area contributed by atoms with Crippen LogP contribution in [0.4, 0.5) is 5.69 Å². The Morgan fingerprint density at radius 3 is 2.52 bits per heavy atom. The van der Waals surface area contributed by atoms with E-state index in [0.29, 0.717) is 5.89 Å². The summed E-state index contributed by atoms with van der Waals surface area (Å²) in [4.78, 5) is 16.4. The second-order valence-corrected chi connectivity index (χ2v) is 6.01. The summed E-state index contributed by atoms with van der Waals surface area (Å²) >= 11 is 0. The lowest BCUT2D eigenvalue weighted by atomic mass is 10.0. The molecule has 1 amide bonds. The number of rotatable bonds is 4. The number of aromatic nitrogens is 1. The Balaban J connectivity index is 1.89. The molecule has 1 N–H and O–H groups in total. The van der Waals surface area contributed by atoms with Gasteiger partial charge in [0.15, 0.2) is 5.58 Å². The smallest absolute Gasteiger partial charge is 0.226 e. The van der Waals surface area contributed by atoms with Crippen LogP contribution in [0.5, 0.6) is 0 Å². The number of hydrogen-bond acceptors (Lipinski definition) is 3. The standard InChI is InChI=1S/C19H20N2O2/c1-12(2)18(22)20-15-9-10-17-16(11-15)21-19(23-17)13(3)14-7-5-4-6-8-14/h4-13H,1-3H3,(H,20,22). The van der Waals surface area contributed by atoms with Crippen LogP contribution < -0.4 is 5.32 Å². The fourth-order valence-corrected chi connectivity index (χ4v) is 2.38. The molecule has 0 saturated heterocycles. The van der Waals surface area contributed by atoms with E-state index >= 15 is 0 Å². The van der Waals surface area contributed by atoms with Crippen molar-refractivity contribution in [2.45, 2.75) is 26.7 Å². The topological polar surface area (TPSA) is 55.1 Å². The van der Waals surface area contributed by atoms with E-state index in [0.717, 1.165) is 22.4 Å². The first-order chi connectivity index (χ1) is 11.0. The Hall–Kier alpha value is -2.62. The van der Waals surface area contributed by atoms with Crippen LogP contribution in [0.2, 0.25) is 0 Å². The normalized spacial score (nSPS) is 12.5. The van der Waals surface area contributed by atoms with Crippen LogP contribution >= 0.6 is 0 Å². The highest BCUT2D eigenvalue weighted by Gasteiger charge is 2.16. The van der Waals surface area contributed by atoms with Gasteiger partial charge in [0, 0.05) is 11.6 Å². The number of nitrogens with zero attached hydrogens (tertiary/aromatic N) is 1. The maximum absolute atomic E-state index is 11.8. The van der Waals surface area contributed by atoms with Crippen molar-refractivity contribution in [2.75, 3.05) is 5.32 Å². The minimum absolute atomic E-state index is 0.00859. The molecule has 1 aromatic heterocycles. The number of anilines is 1. The molecule has 23 heavy (non-hydrogen) atoms. The summed E-state index contributed by atoms with van der Waals surface area (Å²) in [5, 5.41) is 2.88. The third kappa shape index (κ3) is 3.26. The summed E-state index contributed by atoms with van der Waals surface area (Å²) in [6, 6.07) is 15.7. The summed E-state index contributed by atoms with van der Waals surface area (Å²) in [6.45, 7) is 5.80. The van der Waals surface area contributed by atoms with Gasteiger partial charge in [-0.3, -0.25) is 4.79 Å². The Bertz CT molecular complexity index is 822. The van der Waals surface area contributed by atoms with Crippen molar-refractivity contribution in [3.63, 3.8) is 0 Å². The van der Waals surface area contributed by atoms with Crippen LogP contribution in [0.1, 0.15) is 38.1 Å². The van der Waals surface area contributed by atoms with Crippen molar-refractivity contribution in [1.82, 2.24) is 4.98 Å². The number of carbonyl (C=O) groups excluding carboxylic acids is 1. The summed E-state index contributed by atoms with van der Waals surface area (Å²) in [6.07, 6.45) is 0. The van der Waals surface area contributed by atoms with Crippen molar-refractivity contribution in [3.8, 4) is 0 Å². The number of fused-ring (bicyclic) bond motifs is 1. The average Bonchev–Trinajstić information content (AvgIpc) is 2.98. The molecule has 1 atom stereocenters. The van der Waals surface area contributed by atoms with Gasteiger partial charge >= 0.3 is 0 Å². The number of hydrogen-bond donors (Lipinski definition) is 1. The fraction of sp³-hybridized carbons (Fsp3) is 0.263. The van der Waals surface area contributed by atoms with Crippen molar-refractivity contribution in [2.24, 2.45) is 5.92 Å². The van der Waals surface area contributed by atoms with Crippen LogP contribution in [0.15, 0.2) is 52.9 Å². The highest BCUT2D eigenvalue weighted by molar-refractivity contribution is 5.93. The van der Waals surface area contributed by atoms with E-state index < -0.39 is 0 Å². The summed E-state index contributed by atoms with van der Waals surface area (Å²) in [5.74, 6) is 0.693. The summed E-state index contributed by atoms with van der Waals surface area (Å²) < 4.78 is 5.87. The van der Waals surface area contributed by atoms with Crippen molar-refractivity contribution >= 4 is 22.7 Å². The average molecular weight is 308 g/mol. The monoisotopic (exact) mass is 308 g/mol. The molecular formula is C19H20N2O2. The minimum Gasteiger partial charge on any atom is -0.440 e. The number of carbonyl (C=O) groups is 1. The molecule has 0 radical (unpaired) electrons. The molecule has 1 heterocycles. The van der Waals surface area contributed by atoms with Gasteiger partial charge in [-0.2, -0.15) is 0 Å². The zero-order chi connectivity index (χ0) is 16.4. The van der Waals surface area contributed by atoms with E-state index in [1.165, 1.54) is 0 Å². The fourth-order valence-electron chi connectivity index (χ4n) is 2.38. The molecular weight excluding hydrogens is 288 g/mol. The third-order valence-corrected chi connectivity index (χ3v) is 3.87. The van der Waals surface area contributed by atoms with E-state index in [-0.39, 0.29) is 17.7 Å². The molecule has 2 aromatic carbocycles. The van der Waals surface area contributed by atoms with E-state index in [1.807, 2.05) is 50.2 Å². The first-order valence-corrected chi connectivity index (χ1v) is 7.81. The molecule has 0 aliphatic rings. The van der Waals surface area contributed by atoms with Gasteiger partial charge in [-0.05, 0) is 30.7 Å². The molecule has 4 heteroatoms. The highest BCUT2D eigenvalue weighted by atomic mass is 16.3. The summed E-state index contributed by atoms with van der Waals surface area (Å²) in [7, 11) is 0. The third-order valence-electron chi connectivity index (χ3n) is 3.87. The lowest BCUT2D eigenvalue weighted by molar-refractivity contribution is -0.118. The highest BCUT2D eigenvalue weighted by Crippen LogP contribution is 2.28. The van der Waals surface area contributed by atoms with Crippen LogP contribution in [-0.4, -0.2) is 10.9 Å². The van der Waals surface area contributed by atoms with Crippen molar-refractivity contribution in [3.05, 3.63) is 60.0 Å². The van der Waals surface area contributed by atoms with E-state index in [4.69, 9.17) is 4.42 Å². The van der Waals surface area contributed by atoms with Gasteiger partial charge in [0.25, 0.3) is 0 Å². The number of oxazole rings is 1. The van der Waals surface area contributed by atoms with E-state index in [9.17, 15) is 4.79 Å². The zero-order valence-corrected chi connectivity index (χ0v) is 13.5. The Labute approximate surface area is 135 Å². The van der Waals surface area contributed by atoms with Crippen LogP contribution in [0, 0.1) is 5.92 Å². The van der Waals surface area contributed by atoms with Crippen LogP contribution in [0.25, 0.3) is 11.1 Å². The minimum atomic E-state index is -0.0586. The zero-order valence-electron chi connectivity index (χ0n) is 13.5. The Morgan fingerprint density at radius 2 is 1.83 bits per heavy atom. The number of benzene rings is 2. The van der Waals surface area contributed by atoms with Gasteiger partial charge in [-0.1, -0.05) is 44.2 Å². The SMILES string of the molecule is CC(C)C(=O)Nc1ccc2oc(C(C)c3ccccc3)nc2c1. The van der Waals surface area contributed by atoms with Gasteiger partial charge in [0.2, 0.25) is 11.8 Å². The lowest BCUT2D eigenvalue weighted by Gasteiger charge is -2.06. The van der Waals surface area contributed by atoms with E-state index in [2.05, 4.69) is 29.4 Å². The molecule has 0 bridgehead atoms. The number of amides is 1. The molecule has 0 fully saturated rings. The molecule has 0 spiro atoms. The summed E-state index contributed by atoms with van der Waals surface area (Å²) in [5.41, 5.74) is 3.38. The second kappa shape index (κ2) is 6.24. The molecule has 3 rings (SSSR count). The molecule has 4 nitrogen and oxygen atoms in total. The molecule has 1 unspecified atom stereocenters. The first kappa shape index (κ1) is 15.3. The predicted molar refractivity (Wildman–Crippen MR) is 91.4 cm³/mol. The van der Waals surface area contributed by atoms with Gasteiger partial charge in [-0.25, -0.2) is 4.98 Å². The lowest BCUT2D eigenvalue weighted by Crippen LogP contribution is -2.17. The Morgan fingerprint density at radius 1 is 1.09 bits per heavy atom. The predicted octanol–water partition coefficient (Wildman–Crippen LogP) is 4.57. The van der Waals surface area contributed by atoms with Gasteiger partial charge in [-0.15, -0.1) is 0 Å². The number of nitrogens with one attached hydrogen (secondary N) is 1. The van der Waals surface area contributed by atoms with E-state index in [1.54, 1.807) is 0 Å². The first-order valence-electron chi connectivity index (χ1n) is 7.81. The maximum Gasteiger partial charge on any atom is 0.226 e. The molecule has 3 aromatic rings. The van der Waals surface area contributed by atoms with Crippen LogP contribution in [0.3, 0.4) is 0 Å². The Kier molecular flexibility index (Phi) is 4.15. The molecule has 0 aliphatic heterocycles. The van der Waals surface area contributed by atoms with Crippen molar-refractivity contribution < 1.29 is 9.21 Å². The molecule has 118 valence electrons. The van der Waals surface area contributed by atoms with Gasteiger partial charge in [0.1, 0.15) is 5.52 Å². The largest absolute Gasteiger partial charge is 0.440 e.